The van der Waals surface area contributed by atoms with E-state index in [0.717, 1.165) is 65.0 Å². The smallest absolute Gasteiger partial charge is 0.225 e. The number of aromatic nitrogens is 1. The molecule has 2 aliphatic rings. The van der Waals surface area contributed by atoms with Crippen molar-refractivity contribution in [2.45, 2.75) is 19.8 Å². The van der Waals surface area contributed by atoms with Crippen LogP contribution in [0.1, 0.15) is 18.4 Å². The number of amides is 1. The Morgan fingerprint density at radius 3 is 2.68 bits per heavy atom. The molecule has 0 spiro atoms. The van der Waals surface area contributed by atoms with Gasteiger partial charge in [-0.15, -0.1) is 0 Å². The number of rotatable bonds is 2. The van der Waals surface area contributed by atoms with Crippen molar-refractivity contribution in [2.24, 2.45) is 5.92 Å². The van der Waals surface area contributed by atoms with E-state index in [1.807, 2.05) is 24.0 Å². The molecule has 0 saturated carbocycles. The van der Waals surface area contributed by atoms with Crippen molar-refractivity contribution < 1.29 is 9.53 Å². The van der Waals surface area contributed by atoms with Crippen LogP contribution in [-0.4, -0.2) is 55.2 Å². The monoisotopic (exact) mass is 379 g/mol. The lowest BCUT2D eigenvalue weighted by Crippen LogP contribution is -2.46. The minimum Gasteiger partial charge on any atom is -0.378 e. The van der Waals surface area contributed by atoms with E-state index >= 15 is 0 Å². The number of hydrogen-bond acceptors (Lipinski definition) is 5. The highest BCUT2D eigenvalue weighted by Crippen LogP contribution is 2.34. The molecule has 2 saturated heterocycles. The molecule has 1 aromatic carbocycles. The quantitative estimate of drug-likeness (QED) is 0.802. The van der Waals surface area contributed by atoms with Crippen molar-refractivity contribution in [1.82, 2.24) is 9.88 Å². The average Bonchev–Trinajstić information content (AvgIpc) is 3.06. The first-order valence-electron chi connectivity index (χ1n) is 8.80. The van der Waals surface area contributed by atoms with Gasteiger partial charge in [0.2, 0.25) is 5.91 Å². The fraction of sp³-hybridized carbons (Fsp3) is 0.556. The van der Waals surface area contributed by atoms with Gasteiger partial charge in [-0.1, -0.05) is 22.9 Å². The van der Waals surface area contributed by atoms with E-state index < -0.39 is 0 Å². The van der Waals surface area contributed by atoms with Gasteiger partial charge in [-0.2, -0.15) is 0 Å². The molecule has 0 atom stereocenters. The highest BCUT2D eigenvalue weighted by molar-refractivity contribution is 7.22. The Morgan fingerprint density at radius 1 is 1.24 bits per heavy atom. The first-order valence-corrected chi connectivity index (χ1v) is 9.99. The zero-order chi connectivity index (χ0) is 17.4. The summed E-state index contributed by atoms with van der Waals surface area (Å²) >= 11 is 7.85. The van der Waals surface area contributed by atoms with Gasteiger partial charge in [0.25, 0.3) is 0 Å². The largest absolute Gasteiger partial charge is 0.378 e. The van der Waals surface area contributed by atoms with E-state index in [9.17, 15) is 4.79 Å². The molecule has 2 aromatic rings. The molecule has 3 heterocycles. The van der Waals surface area contributed by atoms with Gasteiger partial charge in [-0.25, -0.2) is 4.98 Å². The SMILES string of the molecule is Cc1cc(Cl)cc2sc(N3CCC(C(=O)N4CCOCC4)CC3)nc12. The molecule has 4 rings (SSSR count). The van der Waals surface area contributed by atoms with Gasteiger partial charge in [0.1, 0.15) is 0 Å². The highest BCUT2D eigenvalue weighted by atomic mass is 35.5. The Hall–Kier alpha value is -1.37. The number of anilines is 1. The molecule has 7 heteroatoms. The third-order valence-electron chi connectivity index (χ3n) is 5.08. The fourth-order valence-corrected chi connectivity index (χ4v) is 5.11. The van der Waals surface area contributed by atoms with Gasteiger partial charge in [-0.3, -0.25) is 4.79 Å². The Balaban J connectivity index is 1.43. The molecule has 2 aliphatic heterocycles. The number of halogens is 1. The molecule has 1 amide bonds. The predicted octanol–water partition coefficient (Wildman–Crippen LogP) is 3.33. The summed E-state index contributed by atoms with van der Waals surface area (Å²) < 4.78 is 6.47. The van der Waals surface area contributed by atoms with Gasteiger partial charge >= 0.3 is 0 Å². The summed E-state index contributed by atoms with van der Waals surface area (Å²) in [6.45, 7) is 6.61. The minimum absolute atomic E-state index is 0.139. The number of ether oxygens (including phenoxy) is 1. The standard InChI is InChI=1S/C18H22ClN3O2S/c1-12-10-14(19)11-15-16(12)20-18(25-15)22-4-2-13(3-5-22)17(23)21-6-8-24-9-7-21/h10-11,13H,2-9H2,1H3. The molecular weight excluding hydrogens is 358 g/mol. The van der Waals surface area contributed by atoms with Crippen molar-refractivity contribution in [2.75, 3.05) is 44.3 Å². The average molecular weight is 380 g/mol. The van der Waals surface area contributed by atoms with Crippen molar-refractivity contribution >= 4 is 44.2 Å². The maximum atomic E-state index is 12.6. The lowest BCUT2D eigenvalue weighted by molar-refractivity contribution is -0.140. The van der Waals surface area contributed by atoms with Crippen LogP contribution in [-0.2, 0) is 9.53 Å². The number of morpholine rings is 1. The summed E-state index contributed by atoms with van der Waals surface area (Å²) in [6, 6.07) is 3.94. The third kappa shape index (κ3) is 3.48. The highest BCUT2D eigenvalue weighted by Gasteiger charge is 2.30. The molecule has 1 aromatic heterocycles. The number of aryl methyl sites for hydroxylation is 1. The molecule has 0 N–H and O–H groups in total. The van der Waals surface area contributed by atoms with Crippen molar-refractivity contribution in [1.29, 1.82) is 0 Å². The van der Waals surface area contributed by atoms with Crippen LogP contribution in [0.25, 0.3) is 10.2 Å². The van der Waals surface area contributed by atoms with Gasteiger partial charge in [0, 0.05) is 37.1 Å². The molecule has 25 heavy (non-hydrogen) atoms. The summed E-state index contributed by atoms with van der Waals surface area (Å²) in [5, 5.41) is 1.80. The number of fused-ring (bicyclic) bond motifs is 1. The number of piperidine rings is 1. The van der Waals surface area contributed by atoms with Gasteiger partial charge in [-0.05, 0) is 37.5 Å². The second-order valence-corrected chi connectivity index (χ2v) is 8.21. The third-order valence-corrected chi connectivity index (χ3v) is 6.36. The molecule has 0 unspecified atom stereocenters. The number of nitrogens with zero attached hydrogens (tertiary/aromatic N) is 3. The number of hydrogen-bond donors (Lipinski definition) is 0. The van der Waals surface area contributed by atoms with Crippen molar-refractivity contribution in [3.63, 3.8) is 0 Å². The Kier molecular flexibility index (Phi) is 4.84. The fourth-order valence-electron chi connectivity index (χ4n) is 3.64. The van der Waals surface area contributed by atoms with E-state index in [1.165, 1.54) is 0 Å². The molecule has 134 valence electrons. The molecule has 2 fully saturated rings. The van der Waals surface area contributed by atoms with Crippen molar-refractivity contribution in [3.05, 3.63) is 22.7 Å². The van der Waals surface area contributed by atoms with Gasteiger partial charge < -0.3 is 14.5 Å². The van der Waals surface area contributed by atoms with Crippen LogP contribution in [0.4, 0.5) is 5.13 Å². The maximum absolute atomic E-state index is 12.6. The van der Waals surface area contributed by atoms with Crippen LogP contribution in [0.3, 0.4) is 0 Å². The summed E-state index contributed by atoms with van der Waals surface area (Å²) in [6.07, 6.45) is 1.79. The first-order chi connectivity index (χ1) is 12.1. The summed E-state index contributed by atoms with van der Waals surface area (Å²) in [5.74, 6) is 0.440. The molecular formula is C18H22ClN3O2S. The second-order valence-electron chi connectivity index (χ2n) is 6.76. The lowest BCUT2D eigenvalue weighted by Gasteiger charge is -2.35. The topological polar surface area (TPSA) is 45.7 Å². The number of benzene rings is 1. The molecule has 0 radical (unpaired) electrons. The number of carbonyl (C=O) groups is 1. The second kappa shape index (κ2) is 7.09. The Bertz CT molecular complexity index is 780. The van der Waals surface area contributed by atoms with Crippen LogP contribution in [0.5, 0.6) is 0 Å². The minimum atomic E-state index is 0.139. The zero-order valence-electron chi connectivity index (χ0n) is 14.3. The van der Waals surface area contributed by atoms with Gasteiger partial charge in [0.05, 0.1) is 23.4 Å². The van der Waals surface area contributed by atoms with Gasteiger partial charge in [0.15, 0.2) is 5.13 Å². The van der Waals surface area contributed by atoms with Crippen LogP contribution in [0.2, 0.25) is 5.02 Å². The number of carbonyl (C=O) groups excluding carboxylic acids is 1. The molecule has 0 aliphatic carbocycles. The van der Waals surface area contributed by atoms with Crippen LogP contribution < -0.4 is 4.90 Å². The lowest BCUT2D eigenvalue weighted by atomic mass is 9.95. The normalized spacial score (nSPS) is 19.6. The van der Waals surface area contributed by atoms with E-state index in [0.29, 0.717) is 19.1 Å². The zero-order valence-corrected chi connectivity index (χ0v) is 15.9. The van der Waals surface area contributed by atoms with E-state index in [1.54, 1.807) is 11.3 Å². The maximum Gasteiger partial charge on any atom is 0.225 e. The summed E-state index contributed by atoms with van der Waals surface area (Å²) in [5.41, 5.74) is 2.15. The predicted molar refractivity (Wildman–Crippen MR) is 102 cm³/mol. The molecule has 0 bridgehead atoms. The van der Waals surface area contributed by atoms with E-state index in [2.05, 4.69) is 4.90 Å². The van der Waals surface area contributed by atoms with Crippen LogP contribution in [0.15, 0.2) is 12.1 Å². The van der Waals surface area contributed by atoms with E-state index in [4.69, 9.17) is 21.3 Å². The Labute approximate surface area is 156 Å². The first kappa shape index (κ1) is 17.1. The Morgan fingerprint density at radius 2 is 1.96 bits per heavy atom. The van der Waals surface area contributed by atoms with Crippen LogP contribution in [0, 0.1) is 12.8 Å². The molecule has 5 nitrogen and oxygen atoms in total. The summed E-state index contributed by atoms with van der Waals surface area (Å²) in [7, 11) is 0. The number of thiazole rings is 1. The van der Waals surface area contributed by atoms with Crippen molar-refractivity contribution in [3.8, 4) is 0 Å². The van der Waals surface area contributed by atoms with E-state index in [-0.39, 0.29) is 5.92 Å². The summed E-state index contributed by atoms with van der Waals surface area (Å²) in [4.78, 5) is 21.7. The van der Waals surface area contributed by atoms with Crippen LogP contribution >= 0.6 is 22.9 Å².